The summed E-state index contributed by atoms with van der Waals surface area (Å²) in [4.78, 5) is 11.6. The van der Waals surface area contributed by atoms with Crippen LogP contribution in [0.4, 0.5) is 21.5 Å². The zero-order valence-corrected chi connectivity index (χ0v) is 27.8. The summed E-state index contributed by atoms with van der Waals surface area (Å²) in [7, 11) is 0. The Kier molecular flexibility index (Phi) is 8.99. The first-order valence-electron chi connectivity index (χ1n) is 15.3. The molecule has 11 heteroatoms. The standard InChI is InChI=1S/C35H37Cl2FN8/c1-6-22-19-40-33-26(32(22)42-29-11-7-10-27(36)31(29)38)17-23(18-28(33)37)41-34(25-9-8-14-39-21(25)2)30-20-46(44-43-30)24-12-15-45(16-13-24)35(3,4)5/h1,7-11,14,17-20,24,34,41,43-44H,12-13,15-16H2,2-5H3,(H,40,42)/t34-/m0/s1. The molecule has 1 fully saturated rings. The Bertz CT molecular complexity index is 1840. The highest BCUT2D eigenvalue weighted by atomic mass is 35.5. The van der Waals surface area contributed by atoms with Crippen LogP contribution in [0.25, 0.3) is 10.9 Å². The number of hydrazine groups is 2. The second kappa shape index (κ2) is 13.0. The van der Waals surface area contributed by atoms with Gasteiger partial charge in [0.25, 0.3) is 0 Å². The third kappa shape index (κ3) is 6.44. The van der Waals surface area contributed by atoms with Crippen molar-refractivity contribution < 1.29 is 4.39 Å². The van der Waals surface area contributed by atoms with Crippen molar-refractivity contribution in [3.63, 3.8) is 0 Å². The predicted octanol–water partition coefficient (Wildman–Crippen LogP) is 7.69. The van der Waals surface area contributed by atoms with E-state index >= 15 is 0 Å². The van der Waals surface area contributed by atoms with E-state index < -0.39 is 5.82 Å². The van der Waals surface area contributed by atoms with Crippen LogP contribution in [0.3, 0.4) is 0 Å². The highest BCUT2D eigenvalue weighted by Gasteiger charge is 2.32. The lowest BCUT2D eigenvalue weighted by Gasteiger charge is -2.42. The van der Waals surface area contributed by atoms with Crippen molar-refractivity contribution in [3.05, 3.63) is 99.4 Å². The smallest absolute Gasteiger partial charge is 0.165 e. The minimum atomic E-state index is -0.579. The van der Waals surface area contributed by atoms with Gasteiger partial charge in [-0.25, -0.2) is 4.39 Å². The van der Waals surface area contributed by atoms with Crippen LogP contribution in [-0.4, -0.2) is 44.5 Å². The molecule has 0 spiro atoms. The van der Waals surface area contributed by atoms with E-state index in [-0.39, 0.29) is 22.3 Å². The van der Waals surface area contributed by atoms with Gasteiger partial charge < -0.3 is 16.1 Å². The number of pyridine rings is 2. The van der Waals surface area contributed by atoms with Gasteiger partial charge >= 0.3 is 0 Å². The van der Waals surface area contributed by atoms with Crippen LogP contribution in [-0.2, 0) is 0 Å². The summed E-state index contributed by atoms with van der Waals surface area (Å²) in [5.41, 5.74) is 12.2. The number of terminal acetylenes is 1. The van der Waals surface area contributed by atoms with Crippen molar-refractivity contribution in [1.29, 1.82) is 0 Å². The van der Waals surface area contributed by atoms with E-state index in [1.165, 1.54) is 6.07 Å². The van der Waals surface area contributed by atoms with E-state index in [4.69, 9.17) is 29.6 Å². The molecule has 2 aliphatic heterocycles. The van der Waals surface area contributed by atoms with Gasteiger partial charge in [0.05, 0.1) is 44.2 Å². The first-order valence-corrected chi connectivity index (χ1v) is 16.0. The molecule has 0 unspecified atom stereocenters. The fraction of sp³-hybridized carbons (Fsp3) is 0.314. The molecule has 1 saturated heterocycles. The Morgan fingerprint density at radius 2 is 1.87 bits per heavy atom. The molecule has 6 rings (SSSR count). The number of hydrogen-bond acceptors (Lipinski definition) is 8. The quantitative estimate of drug-likeness (QED) is 0.151. The van der Waals surface area contributed by atoms with E-state index in [2.05, 4.69) is 80.4 Å². The number of nitrogens with one attached hydrogen (secondary N) is 4. The third-order valence-corrected chi connectivity index (χ3v) is 9.27. The number of hydrogen-bond donors (Lipinski definition) is 4. The highest BCUT2D eigenvalue weighted by molar-refractivity contribution is 6.36. The Balaban J connectivity index is 1.36. The van der Waals surface area contributed by atoms with Crippen LogP contribution < -0.4 is 21.6 Å². The zero-order chi connectivity index (χ0) is 32.6. The average Bonchev–Trinajstić information content (AvgIpc) is 3.53. The fourth-order valence-corrected chi connectivity index (χ4v) is 6.56. The maximum absolute atomic E-state index is 15.0. The molecular weight excluding hydrogens is 622 g/mol. The zero-order valence-electron chi connectivity index (χ0n) is 26.3. The molecule has 0 saturated carbocycles. The monoisotopic (exact) mass is 658 g/mol. The number of piperidine rings is 1. The van der Waals surface area contributed by atoms with Gasteiger partial charge in [0.1, 0.15) is 0 Å². The summed E-state index contributed by atoms with van der Waals surface area (Å²) in [5.74, 6) is 2.08. The molecule has 4 N–H and O–H groups in total. The van der Waals surface area contributed by atoms with Crippen LogP contribution in [0.2, 0.25) is 10.0 Å². The maximum atomic E-state index is 15.0. The number of anilines is 3. The Morgan fingerprint density at radius 1 is 1.09 bits per heavy atom. The summed E-state index contributed by atoms with van der Waals surface area (Å²) in [6.07, 6.45) is 13.4. The van der Waals surface area contributed by atoms with E-state index in [0.29, 0.717) is 33.2 Å². The first-order chi connectivity index (χ1) is 22.0. The summed E-state index contributed by atoms with van der Waals surface area (Å²) >= 11 is 12.9. The van der Waals surface area contributed by atoms with E-state index in [1.807, 2.05) is 25.1 Å². The lowest BCUT2D eigenvalue weighted by molar-refractivity contribution is 0.0570. The van der Waals surface area contributed by atoms with Gasteiger partial charge in [0.2, 0.25) is 0 Å². The summed E-state index contributed by atoms with van der Waals surface area (Å²) in [6, 6.07) is 12.5. The Hall–Kier alpha value is -4.07. The fourth-order valence-electron chi connectivity index (χ4n) is 6.12. The minimum absolute atomic E-state index is 0.000404. The lowest BCUT2D eigenvalue weighted by Crippen LogP contribution is -2.52. The summed E-state index contributed by atoms with van der Waals surface area (Å²) < 4.78 is 15.0. The SMILES string of the molecule is C#Cc1cnc2c(Cl)cc(N[C@H](C3=CN(C4CCN(C(C)(C)C)CC4)NN3)c3cccnc3C)cc2c1Nc1cccc(Cl)c1F. The van der Waals surface area contributed by atoms with Crippen LogP contribution >= 0.6 is 23.2 Å². The van der Waals surface area contributed by atoms with E-state index in [9.17, 15) is 4.39 Å². The molecule has 2 aromatic heterocycles. The van der Waals surface area contributed by atoms with Gasteiger partial charge in [0, 0.05) is 65.6 Å². The largest absolute Gasteiger partial charge is 0.373 e. The van der Waals surface area contributed by atoms with Gasteiger partial charge in [-0.05, 0) is 70.9 Å². The molecule has 0 radical (unpaired) electrons. The van der Waals surface area contributed by atoms with Gasteiger partial charge in [-0.1, -0.05) is 41.3 Å². The van der Waals surface area contributed by atoms with Gasteiger partial charge in [-0.15, -0.1) is 12.0 Å². The molecule has 0 bridgehead atoms. The molecular formula is C35H37Cl2FN8. The number of aryl methyl sites for hydroxylation is 1. The van der Waals surface area contributed by atoms with Gasteiger partial charge in [-0.2, -0.15) is 0 Å². The number of halogens is 3. The highest BCUT2D eigenvalue weighted by Crippen LogP contribution is 2.38. The minimum Gasteiger partial charge on any atom is -0.373 e. The molecule has 2 aliphatic rings. The summed E-state index contributed by atoms with van der Waals surface area (Å²) in [6.45, 7) is 10.9. The molecule has 46 heavy (non-hydrogen) atoms. The van der Waals surface area contributed by atoms with Crippen molar-refractivity contribution in [2.75, 3.05) is 23.7 Å². The molecule has 1 atom stereocenters. The number of likely N-dealkylation sites (tertiary alicyclic amines) is 1. The molecule has 2 aromatic carbocycles. The number of fused-ring (bicyclic) bond motifs is 1. The van der Waals surface area contributed by atoms with Crippen molar-refractivity contribution >= 4 is 51.2 Å². The lowest BCUT2D eigenvalue weighted by atomic mass is 9.97. The number of rotatable bonds is 7. The van der Waals surface area contributed by atoms with E-state index in [0.717, 1.165) is 48.6 Å². The average molecular weight is 660 g/mol. The second-order valence-electron chi connectivity index (χ2n) is 12.6. The second-order valence-corrected chi connectivity index (χ2v) is 13.5. The van der Waals surface area contributed by atoms with Crippen LogP contribution in [0.1, 0.15) is 56.5 Å². The van der Waals surface area contributed by atoms with Crippen molar-refractivity contribution in [3.8, 4) is 12.3 Å². The molecule has 238 valence electrons. The maximum Gasteiger partial charge on any atom is 0.165 e. The first kappa shape index (κ1) is 31.9. The van der Waals surface area contributed by atoms with Crippen molar-refractivity contribution in [1.82, 2.24) is 30.8 Å². The third-order valence-electron chi connectivity index (χ3n) is 8.69. The number of aromatic nitrogens is 2. The van der Waals surface area contributed by atoms with Gasteiger partial charge in [-0.3, -0.25) is 19.9 Å². The van der Waals surface area contributed by atoms with Crippen molar-refractivity contribution in [2.24, 2.45) is 0 Å². The predicted molar refractivity (Wildman–Crippen MR) is 185 cm³/mol. The Labute approximate surface area is 279 Å². The molecule has 4 heterocycles. The number of benzene rings is 2. The molecule has 0 amide bonds. The van der Waals surface area contributed by atoms with Crippen molar-refractivity contribution in [2.45, 2.75) is 58.2 Å². The van der Waals surface area contributed by atoms with Gasteiger partial charge in [0.15, 0.2) is 5.82 Å². The van der Waals surface area contributed by atoms with Crippen LogP contribution in [0.5, 0.6) is 0 Å². The van der Waals surface area contributed by atoms with Crippen LogP contribution in [0, 0.1) is 25.1 Å². The molecule has 4 aromatic rings. The molecule has 0 aliphatic carbocycles. The normalized spacial score (nSPS) is 16.6. The summed E-state index contributed by atoms with van der Waals surface area (Å²) in [5, 5.41) is 10.0. The van der Waals surface area contributed by atoms with Crippen LogP contribution in [0.15, 0.2) is 66.8 Å². The Morgan fingerprint density at radius 3 is 2.59 bits per heavy atom. The number of nitrogens with zero attached hydrogens (tertiary/aromatic N) is 4. The topological polar surface area (TPSA) is 80.4 Å². The molecule has 8 nitrogen and oxygen atoms in total. The van der Waals surface area contributed by atoms with E-state index in [1.54, 1.807) is 24.5 Å².